The Morgan fingerprint density at radius 3 is 1.58 bits per heavy atom. The predicted molar refractivity (Wildman–Crippen MR) is 142 cm³/mol. The summed E-state index contributed by atoms with van der Waals surface area (Å²) in [6.07, 6.45) is 3.39. The van der Waals surface area contributed by atoms with Crippen molar-refractivity contribution in [2.24, 2.45) is 0 Å². The van der Waals surface area contributed by atoms with Gasteiger partial charge in [-0.1, -0.05) is 0 Å². The molecule has 184 valence electrons. The molecule has 1 aliphatic carbocycles. The zero-order valence-corrected chi connectivity index (χ0v) is 21.7. The molecule has 0 aliphatic heterocycles. The lowest BCUT2D eigenvalue weighted by molar-refractivity contribution is 0.0927. The van der Waals surface area contributed by atoms with Gasteiger partial charge in [-0.25, -0.2) is 9.97 Å². The van der Waals surface area contributed by atoms with Crippen LogP contribution in [0.1, 0.15) is 43.9 Å². The number of hydrogen-bond acceptors (Lipinski definition) is 6. The first-order valence-electron chi connectivity index (χ1n) is 11.0. The molecule has 4 heterocycles. The van der Waals surface area contributed by atoms with Crippen LogP contribution in [0, 0.1) is 0 Å². The number of H-pyrrole nitrogens is 4. The highest BCUT2D eigenvalue weighted by atomic mass is 79.9. The third kappa shape index (κ3) is 3.64. The summed E-state index contributed by atoms with van der Waals surface area (Å²) in [7, 11) is 0. The number of rotatable bonds is 6. The number of nitrogens with two attached hydrogens (primary N) is 2. The molecule has 1 aromatic carbocycles. The van der Waals surface area contributed by atoms with Crippen molar-refractivity contribution in [1.29, 1.82) is 0 Å². The molecule has 0 spiro atoms. The number of imidazole rings is 2. The van der Waals surface area contributed by atoms with Crippen LogP contribution < -0.4 is 22.1 Å². The number of carbonyl (C=O) groups is 2. The minimum atomic E-state index is -0.240. The van der Waals surface area contributed by atoms with Crippen LogP contribution in [0.5, 0.6) is 0 Å². The molecule has 0 radical (unpaired) electrons. The van der Waals surface area contributed by atoms with E-state index in [0.29, 0.717) is 46.5 Å². The summed E-state index contributed by atoms with van der Waals surface area (Å²) < 4.78 is 1.57. The summed E-state index contributed by atoms with van der Waals surface area (Å²) in [6, 6.07) is 3.41. The number of amides is 2. The first kappa shape index (κ1) is 22.7. The number of hydrogen-bond donors (Lipinski definition) is 8. The van der Waals surface area contributed by atoms with Gasteiger partial charge in [0.15, 0.2) is 11.9 Å². The van der Waals surface area contributed by atoms with Crippen LogP contribution in [0.2, 0.25) is 0 Å². The van der Waals surface area contributed by atoms with E-state index in [1.807, 2.05) is 0 Å². The molecule has 0 saturated heterocycles. The summed E-state index contributed by atoms with van der Waals surface area (Å²) in [6.45, 7) is 0.647. The zero-order valence-electron chi connectivity index (χ0n) is 18.5. The lowest BCUT2D eigenvalue weighted by atomic mass is 9.66. The maximum Gasteiger partial charge on any atom is 0.267 e. The zero-order chi connectivity index (χ0) is 25.1. The van der Waals surface area contributed by atoms with Crippen molar-refractivity contribution in [3.63, 3.8) is 0 Å². The van der Waals surface area contributed by atoms with Crippen molar-refractivity contribution in [3.05, 3.63) is 56.0 Å². The van der Waals surface area contributed by atoms with E-state index in [4.69, 9.17) is 11.5 Å². The van der Waals surface area contributed by atoms with Crippen molar-refractivity contribution in [3.8, 4) is 0 Å². The fourth-order valence-electron chi connectivity index (χ4n) is 4.93. The molecule has 0 saturated carbocycles. The lowest BCUT2D eigenvalue weighted by Crippen LogP contribution is -2.42. The molecule has 6 rings (SSSR count). The van der Waals surface area contributed by atoms with Crippen molar-refractivity contribution < 1.29 is 9.59 Å². The Labute approximate surface area is 219 Å². The van der Waals surface area contributed by atoms with Gasteiger partial charge in [-0.2, -0.15) is 0 Å². The standard InChI is InChI=1S/C22H20Br2N10O2/c23-7-1-11(27-3-7)19(35)29-5-9-10(6-30-20(36)12-2-8(24)4-28-12)14-13(9)15-17(33-21(25)31-15)18-16(14)32-22(26)34-18/h1-4,9-10,27-28H,5-6H2,(H,29,35)(H,30,36)(H3,25,31,33)(H3,26,32,34). The Bertz CT molecular complexity index is 1540. The predicted octanol–water partition coefficient (Wildman–Crippen LogP) is 2.83. The van der Waals surface area contributed by atoms with E-state index >= 15 is 0 Å². The second kappa shape index (κ2) is 8.41. The first-order valence-corrected chi connectivity index (χ1v) is 12.6. The van der Waals surface area contributed by atoms with E-state index in [1.54, 1.807) is 24.5 Å². The van der Waals surface area contributed by atoms with Gasteiger partial charge < -0.3 is 42.0 Å². The molecule has 0 fully saturated rings. The van der Waals surface area contributed by atoms with Crippen LogP contribution in [0.3, 0.4) is 0 Å². The minimum Gasteiger partial charge on any atom is -0.369 e. The first-order chi connectivity index (χ1) is 17.3. The summed E-state index contributed by atoms with van der Waals surface area (Å²) in [5.41, 5.74) is 17.5. The Morgan fingerprint density at radius 1 is 0.806 bits per heavy atom. The molecule has 10 N–H and O–H groups in total. The summed E-state index contributed by atoms with van der Waals surface area (Å²) in [4.78, 5) is 46.5. The number of fused-ring (bicyclic) bond motifs is 6. The van der Waals surface area contributed by atoms with Gasteiger partial charge in [-0.15, -0.1) is 0 Å². The highest BCUT2D eigenvalue weighted by Gasteiger charge is 2.43. The number of carbonyl (C=O) groups excluding carboxylic acids is 2. The molecule has 14 heteroatoms. The number of nitrogens with one attached hydrogen (secondary N) is 6. The van der Waals surface area contributed by atoms with E-state index in [-0.39, 0.29) is 35.5 Å². The van der Waals surface area contributed by atoms with Crippen LogP contribution in [0.15, 0.2) is 33.5 Å². The quantitative estimate of drug-likeness (QED) is 0.144. The van der Waals surface area contributed by atoms with Crippen LogP contribution in [0.4, 0.5) is 11.9 Å². The molecule has 4 aromatic heterocycles. The number of nitrogens with zero attached hydrogens (tertiary/aromatic N) is 2. The second-order valence-corrected chi connectivity index (χ2v) is 10.4. The summed E-state index contributed by atoms with van der Waals surface area (Å²) in [5.74, 6) is -0.245. The second-order valence-electron chi connectivity index (χ2n) is 8.61. The van der Waals surface area contributed by atoms with Gasteiger partial charge >= 0.3 is 0 Å². The average molecular weight is 616 g/mol. The monoisotopic (exact) mass is 614 g/mol. The Balaban J connectivity index is 1.36. The molecule has 2 amide bonds. The van der Waals surface area contributed by atoms with E-state index in [0.717, 1.165) is 20.1 Å². The van der Waals surface area contributed by atoms with E-state index in [9.17, 15) is 9.59 Å². The fraction of sp³-hybridized carbons (Fsp3) is 0.182. The number of benzene rings is 1. The summed E-state index contributed by atoms with van der Waals surface area (Å²) in [5, 5.41) is 5.99. The van der Waals surface area contributed by atoms with Crippen LogP contribution in [-0.2, 0) is 0 Å². The van der Waals surface area contributed by atoms with E-state index < -0.39 is 0 Å². The molecule has 12 nitrogen and oxygen atoms in total. The topological polar surface area (TPSA) is 199 Å². The Hall–Kier alpha value is -3.78. The number of aromatic nitrogens is 6. The maximum absolute atomic E-state index is 12.7. The fourth-order valence-corrected chi connectivity index (χ4v) is 5.62. The molecular weight excluding hydrogens is 596 g/mol. The van der Waals surface area contributed by atoms with E-state index in [2.05, 4.69) is 72.4 Å². The average Bonchev–Trinajstić information content (AvgIpc) is 3.60. The molecule has 5 aromatic rings. The molecule has 36 heavy (non-hydrogen) atoms. The van der Waals surface area contributed by atoms with Crippen LogP contribution in [0.25, 0.3) is 22.1 Å². The van der Waals surface area contributed by atoms with Gasteiger partial charge in [0.1, 0.15) is 11.4 Å². The van der Waals surface area contributed by atoms with E-state index in [1.165, 1.54) is 0 Å². The van der Waals surface area contributed by atoms with Gasteiger partial charge in [-0.05, 0) is 55.1 Å². The number of aromatic amines is 4. The van der Waals surface area contributed by atoms with Gasteiger partial charge in [0.25, 0.3) is 11.8 Å². The number of halogens is 2. The molecule has 0 bridgehead atoms. The molecule has 2 unspecified atom stereocenters. The van der Waals surface area contributed by atoms with Gasteiger partial charge in [0.05, 0.1) is 22.1 Å². The van der Waals surface area contributed by atoms with Crippen molar-refractivity contribution in [2.75, 3.05) is 24.6 Å². The number of anilines is 2. The SMILES string of the molecule is Nc1nc2c3c(c4nc(N)[nH]c4c2[nH]1)C(CNC(=O)c1cc(Br)c[nH]1)C3CNC(=O)c1cc(Br)c[nH]1. The van der Waals surface area contributed by atoms with Gasteiger partial charge in [0, 0.05) is 46.3 Å². The van der Waals surface area contributed by atoms with Gasteiger partial charge in [-0.3, -0.25) is 9.59 Å². The smallest absolute Gasteiger partial charge is 0.267 e. The van der Waals surface area contributed by atoms with Crippen LogP contribution >= 0.6 is 31.9 Å². The molecular formula is C22H20Br2N10O2. The molecule has 2 atom stereocenters. The summed E-state index contributed by atoms with van der Waals surface area (Å²) >= 11 is 6.69. The lowest BCUT2D eigenvalue weighted by Gasteiger charge is -2.40. The van der Waals surface area contributed by atoms with Crippen molar-refractivity contribution >= 4 is 77.6 Å². The number of nitrogen functional groups attached to an aromatic ring is 2. The largest absolute Gasteiger partial charge is 0.369 e. The Morgan fingerprint density at radius 2 is 1.22 bits per heavy atom. The third-order valence-electron chi connectivity index (χ3n) is 6.47. The Kier molecular flexibility index (Phi) is 5.30. The third-order valence-corrected chi connectivity index (χ3v) is 7.39. The molecule has 1 aliphatic rings. The van der Waals surface area contributed by atoms with Crippen molar-refractivity contribution in [2.45, 2.75) is 11.8 Å². The normalized spacial score (nSPS) is 16.7. The van der Waals surface area contributed by atoms with Crippen LogP contribution in [-0.4, -0.2) is 54.8 Å². The highest BCUT2D eigenvalue weighted by molar-refractivity contribution is 9.10. The maximum atomic E-state index is 12.7. The van der Waals surface area contributed by atoms with Gasteiger partial charge in [0.2, 0.25) is 0 Å². The highest BCUT2D eigenvalue weighted by Crippen LogP contribution is 2.52. The minimum absolute atomic E-state index is 0.148. The van der Waals surface area contributed by atoms with Crippen molar-refractivity contribution in [1.82, 2.24) is 40.5 Å².